The number of rotatable bonds is 4. The van der Waals surface area contributed by atoms with Crippen LogP contribution in [0.25, 0.3) is 0 Å². The monoisotopic (exact) mass is 244 g/mol. The van der Waals surface area contributed by atoms with Crippen LogP contribution >= 0.6 is 0 Å². The van der Waals surface area contributed by atoms with Gasteiger partial charge < -0.3 is 9.84 Å². The Bertz CT molecular complexity index is 443. The van der Waals surface area contributed by atoms with Crippen LogP contribution in [0.15, 0.2) is 18.2 Å². The van der Waals surface area contributed by atoms with Crippen LogP contribution in [0, 0.1) is 0 Å². The van der Waals surface area contributed by atoms with E-state index in [0.29, 0.717) is 0 Å². The first-order valence-electron chi connectivity index (χ1n) is 4.79. The van der Waals surface area contributed by atoms with Crippen LogP contribution in [0.4, 0.5) is 8.78 Å². The fourth-order valence-electron chi connectivity index (χ4n) is 1.19. The summed E-state index contributed by atoms with van der Waals surface area (Å²) in [5, 5.41) is 9.12. The van der Waals surface area contributed by atoms with Crippen LogP contribution in [-0.4, -0.2) is 23.5 Å². The molecule has 0 aliphatic rings. The molecule has 0 bridgehead atoms. The number of carbonyl (C=O) groups is 2. The molecule has 17 heavy (non-hydrogen) atoms. The number of alkyl halides is 2. The summed E-state index contributed by atoms with van der Waals surface area (Å²) >= 11 is 0. The molecule has 1 aromatic carbocycles. The zero-order valence-corrected chi connectivity index (χ0v) is 8.94. The second-order valence-electron chi connectivity index (χ2n) is 3.12. The van der Waals surface area contributed by atoms with Crippen molar-refractivity contribution < 1.29 is 28.2 Å². The van der Waals surface area contributed by atoms with Gasteiger partial charge in [-0.15, -0.1) is 0 Å². The molecule has 0 atom stereocenters. The van der Waals surface area contributed by atoms with E-state index in [4.69, 9.17) is 5.11 Å². The Morgan fingerprint density at radius 3 is 2.59 bits per heavy atom. The summed E-state index contributed by atoms with van der Waals surface area (Å²) in [6.45, 7) is 1.54. The van der Waals surface area contributed by atoms with Gasteiger partial charge in [0.1, 0.15) is 5.75 Å². The molecule has 6 heteroatoms. The van der Waals surface area contributed by atoms with Crippen molar-refractivity contribution in [2.45, 2.75) is 13.3 Å². The normalized spacial score (nSPS) is 10.4. The van der Waals surface area contributed by atoms with Gasteiger partial charge in [0, 0.05) is 5.56 Å². The predicted molar refractivity (Wildman–Crippen MR) is 54.0 cm³/mol. The van der Waals surface area contributed by atoms with Crippen molar-refractivity contribution in [1.29, 1.82) is 0 Å². The largest absolute Gasteiger partial charge is 0.507 e. The molecule has 1 aromatic rings. The molecular formula is C11H10F2O4. The quantitative estimate of drug-likeness (QED) is 0.500. The molecule has 0 spiro atoms. The van der Waals surface area contributed by atoms with Crippen LogP contribution in [0.5, 0.6) is 5.75 Å². The van der Waals surface area contributed by atoms with Gasteiger partial charge in [0.2, 0.25) is 0 Å². The summed E-state index contributed by atoms with van der Waals surface area (Å²) in [5.74, 6) is -2.76. The van der Waals surface area contributed by atoms with Crippen LogP contribution in [0.1, 0.15) is 29.3 Å². The molecule has 0 aliphatic heterocycles. The van der Waals surface area contributed by atoms with Crippen molar-refractivity contribution in [1.82, 2.24) is 0 Å². The second-order valence-corrected chi connectivity index (χ2v) is 3.12. The first-order valence-corrected chi connectivity index (χ1v) is 4.79. The van der Waals surface area contributed by atoms with E-state index >= 15 is 0 Å². The summed E-state index contributed by atoms with van der Waals surface area (Å²) in [4.78, 5) is 22.5. The van der Waals surface area contributed by atoms with E-state index in [1.165, 1.54) is 6.92 Å². The van der Waals surface area contributed by atoms with Crippen molar-refractivity contribution in [3.63, 3.8) is 0 Å². The standard InChI is InChI=1S/C11H10F2O4/c1-2-17-11(16)9(15)6-3-4-8(14)7(5-6)10(12)13/h3-5,10,14H,2H2,1H3. The molecule has 0 radical (unpaired) electrons. The summed E-state index contributed by atoms with van der Waals surface area (Å²) < 4.78 is 29.3. The number of Topliss-reactive ketones (excluding diaryl/α,β-unsaturated/α-hetero) is 1. The summed E-state index contributed by atoms with van der Waals surface area (Å²) in [6.07, 6.45) is -2.93. The zero-order chi connectivity index (χ0) is 13.0. The van der Waals surface area contributed by atoms with Gasteiger partial charge in [0.15, 0.2) is 0 Å². The number of carbonyl (C=O) groups excluding carboxylic acids is 2. The van der Waals surface area contributed by atoms with Gasteiger partial charge >= 0.3 is 5.97 Å². The number of phenolic OH excluding ortho intramolecular Hbond substituents is 1. The molecule has 1 rings (SSSR count). The third-order valence-corrected chi connectivity index (χ3v) is 1.99. The first-order chi connectivity index (χ1) is 7.97. The number of hydrogen-bond donors (Lipinski definition) is 1. The molecule has 0 unspecified atom stereocenters. The third-order valence-electron chi connectivity index (χ3n) is 1.99. The second kappa shape index (κ2) is 5.38. The van der Waals surface area contributed by atoms with Crippen molar-refractivity contribution >= 4 is 11.8 Å². The topological polar surface area (TPSA) is 63.6 Å². The van der Waals surface area contributed by atoms with E-state index in [2.05, 4.69) is 4.74 Å². The average Bonchev–Trinajstić information content (AvgIpc) is 2.28. The molecule has 0 aliphatic carbocycles. The molecular weight excluding hydrogens is 234 g/mol. The van der Waals surface area contributed by atoms with E-state index in [-0.39, 0.29) is 12.2 Å². The average molecular weight is 244 g/mol. The zero-order valence-electron chi connectivity index (χ0n) is 8.94. The van der Waals surface area contributed by atoms with Gasteiger partial charge in [-0.1, -0.05) is 0 Å². The Kier molecular flexibility index (Phi) is 4.14. The molecule has 0 saturated carbocycles. The van der Waals surface area contributed by atoms with E-state index in [0.717, 1.165) is 18.2 Å². The van der Waals surface area contributed by atoms with Crippen LogP contribution in [-0.2, 0) is 9.53 Å². The lowest BCUT2D eigenvalue weighted by Gasteiger charge is -2.06. The number of hydrogen-bond acceptors (Lipinski definition) is 4. The fraction of sp³-hybridized carbons (Fsp3) is 0.273. The van der Waals surface area contributed by atoms with Crippen molar-refractivity contribution in [3.05, 3.63) is 29.3 Å². The van der Waals surface area contributed by atoms with Crippen LogP contribution in [0.3, 0.4) is 0 Å². The van der Waals surface area contributed by atoms with Gasteiger partial charge in [0.25, 0.3) is 12.2 Å². The molecule has 0 aromatic heterocycles. The summed E-state index contributed by atoms with van der Waals surface area (Å²) in [6, 6.07) is 2.80. The summed E-state index contributed by atoms with van der Waals surface area (Å²) in [7, 11) is 0. The molecule has 4 nitrogen and oxygen atoms in total. The molecule has 0 fully saturated rings. The van der Waals surface area contributed by atoms with E-state index in [1.54, 1.807) is 0 Å². The fourth-order valence-corrected chi connectivity index (χ4v) is 1.19. The number of ether oxygens (including phenoxy) is 1. The minimum Gasteiger partial charge on any atom is -0.507 e. The number of aromatic hydroxyl groups is 1. The highest BCUT2D eigenvalue weighted by Crippen LogP contribution is 2.28. The SMILES string of the molecule is CCOC(=O)C(=O)c1ccc(O)c(C(F)F)c1. The number of halogens is 2. The Hall–Kier alpha value is -1.98. The Balaban J connectivity index is 3.03. The van der Waals surface area contributed by atoms with E-state index in [9.17, 15) is 18.4 Å². The van der Waals surface area contributed by atoms with Gasteiger partial charge in [-0.3, -0.25) is 4.79 Å². The smallest absolute Gasteiger partial charge is 0.379 e. The Morgan fingerprint density at radius 1 is 1.41 bits per heavy atom. The first kappa shape index (κ1) is 13.1. The molecule has 0 amide bonds. The number of phenols is 1. The van der Waals surface area contributed by atoms with Gasteiger partial charge in [-0.05, 0) is 25.1 Å². The Labute approximate surface area is 95.8 Å². The van der Waals surface area contributed by atoms with Gasteiger partial charge in [-0.25, -0.2) is 13.6 Å². The maximum absolute atomic E-state index is 12.4. The van der Waals surface area contributed by atoms with Crippen LogP contribution in [0.2, 0.25) is 0 Å². The van der Waals surface area contributed by atoms with E-state index in [1.807, 2.05) is 0 Å². The minimum atomic E-state index is -2.93. The highest BCUT2D eigenvalue weighted by molar-refractivity contribution is 6.40. The Morgan fingerprint density at radius 2 is 2.06 bits per heavy atom. The number of ketones is 1. The molecule has 92 valence electrons. The highest BCUT2D eigenvalue weighted by Gasteiger charge is 2.21. The molecule has 0 heterocycles. The molecule has 0 saturated heterocycles. The molecule has 1 N–H and O–H groups in total. The van der Waals surface area contributed by atoms with Crippen molar-refractivity contribution in [2.75, 3.05) is 6.61 Å². The maximum atomic E-state index is 12.4. The number of esters is 1. The van der Waals surface area contributed by atoms with Gasteiger partial charge in [-0.2, -0.15) is 0 Å². The summed E-state index contributed by atoms with van der Waals surface area (Å²) in [5.41, 5.74) is -0.934. The third kappa shape index (κ3) is 2.99. The minimum absolute atomic E-state index is 0.0182. The van der Waals surface area contributed by atoms with E-state index < -0.39 is 29.5 Å². The lowest BCUT2D eigenvalue weighted by Crippen LogP contribution is -2.17. The highest BCUT2D eigenvalue weighted by atomic mass is 19.3. The van der Waals surface area contributed by atoms with Crippen molar-refractivity contribution in [2.24, 2.45) is 0 Å². The lowest BCUT2D eigenvalue weighted by atomic mass is 10.1. The van der Waals surface area contributed by atoms with Crippen molar-refractivity contribution in [3.8, 4) is 5.75 Å². The number of benzene rings is 1. The predicted octanol–water partition coefficient (Wildman–Crippen LogP) is 2.08. The van der Waals surface area contributed by atoms with Gasteiger partial charge in [0.05, 0.1) is 12.2 Å². The maximum Gasteiger partial charge on any atom is 0.379 e. The van der Waals surface area contributed by atoms with Crippen LogP contribution < -0.4 is 0 Å². The lowest BCUT2D eigenvalue weighted by molar-refractivity contribution is -0.137.